The molecule has 0 N–H and O–H groups in total. The zero-order valence-corrected chi connectivity index (χ0v) is 19.3. The van der Waals surface area contributed by atoms with Gasteiger partial charge in [0.25, 0.3) is 0 Å². The van der Waals surface area contributed by atoms with Crippen LogP contribution in [0, 0.1) is 0 Å². The second-order valence-electron chi connectivity index (χ2n) is 8.12. The van der Waals surface area contributed by atoms with Crippen LogP contribution in [0.1, 0.15) is 54.8 Å². The van der Waals surface area contributed by atoms with E-state index in [0.717, 1.165) is 54.8 Å². The van der Waals surface area contributed by atoms with Crippen LogP contribution in [-0.4, -0.2) is 35.8 Å². The monoisotopic (exact) mass is 462 g/mol. The van der Waals surface area contributed by atoms with E-state index in [1.807, 2.05) is 36.7 Å². The Morgan fingerprint density at radius 3 is 2.55 bits per heavy atom. The van der Waals surface area contributed by atoms with Gasteiger partial charge in [-0.2, -0.15) is 5.10 Å². The molecule has 0 spiro atoms. The average Bonchev–Trinajstić information content (AvgIpc) is 3.57. The lowest BCUT2D eigenvalue weighted by atomic mass is 9.88. The molecule has 1 fully saturated rings. The van der Waals surface area contributed by atoms with Gasteiger partial charge in [0, 0.05) is 23.7 Å². The number of thiazole rings is 1. The molecule has 3 aromatic heterocycles. The second-order valence-corrected chi connectivity index (χ2v) is 9.01. The molecule has 1 saturated carbocycles. The first kappa shape index (κ1) is 21.5. The number of nitrogens with zero attached hydrogens (tertiary/aromatic N) is 6. The molecule has 0 unspecified atom stereocenters. The van der Waals surface area contributed by atoms with Crippen molar-refractivity contribution < 1.29 is 9.47 Å². The van der Waals surface area contributed by atoms with Gasteiger partial charge in [0.05, 0.1) is 16.4 Å². The van der Waals surface area contributed by atoms with Crippen molar-refractivity contribution in [2.75, 3.05) is 0 Å². The molecule has 0 amide bonds. The fraction of sp³-hybridized carbons (Fsp3) is 0.375. The van der Waals surface area contributed by atoms with Crippen LogP contribution in [0.15, 0.2) is 54.7 Å². The third-order valence-electron chi connectivity index (χ3n) is 5.86. The summed E-state index contributed by atoms with van der Waals surface area (Å²) in [5.41, 5.74) is 3.04. The first-order valence-electron chi connectivity index (χ1n) is 11.3. The topological polar surface area (TPSA) is 87.8 Å². The Morgan fingerprint density at radius 2 is 1.85 bits per heavy atom. The molecule has 1 aliphatic rings. The number of rotatable bonds is 8. The summed E-state index contributed by atoms with van der Waals surface area (Å²) in [6.45, 7) is 2.55. The molecular formula is C24H26N6O2S. The molecule has 0 aliphatic heterocycles. The van der Waals surface area contributed by atoms with Gasteiger partial charge in [0.1, 0.15) is 31.1 Å². The van der Waals surface area contributed by atoms with Crippen LogP contribution in [0.4, 0.5) is 0 Å². The molecular weight excluding hydrogens is 436 g/mol. The minimum Gasteiger partial charge on any atom is -0.487 e. The van der Waals surface area contributed by atoms with E-state index in [2.05, 4.69) is 32.4 Å². The van der Waals surface area contributed by atoms with E-state index in [1.54, 1.807) is 22.3 Å². The van der Waals surface area contributed by atoms with Crippen molar-refractivity contribution in [2.45, 2.75) is 57.7 Å². The molecule has 3 heterocycles. The minimum atomic E-state index is 0.178. The van der Waals surface area contributed by atoms with Crippen molar-refractivity contribution in [3.8, 4) is 17.4 Å². The summed E-state index contributed by atoms with van der Waals surface area (Å²) in [6, 6.07) is 8.27. The van der Waals surface area contributed by atoms with Gasteiger partial charge in [0.2, 0.25) is 0 Å². The Labute approximate surface area is 196 Å². The summed E-state index contributed by atoms with van der Waals surface area (Å²) < 4.78 is 13.6. The summed E-state index contributed by atoms with van der Waals surface area (Å²) in [7, 11) is 0. The minimum absolute atomic E-state index is 0.178. The van der Waals surface area contributed by atoms with E-state index in [0.29, 0.717) is 18.5 Å². The lowest BCUT2D eigenvalue weighted by Crippen LogP contribution is -2.24. The maximum absolute atomic E-state index is 6.00. The predicted molar refractivity (Wildman–Crippen MR) is 125 cm³/mol. The van der Waals surface area contributed by atoms with E-state index < -0.39 is 0 Å². The molecule has 4 aromatic rings. The Morgan fingerprint density at radius 1 is 1.06 bits per heavy atom. The summed E-state index contributed by atoms with van der Waals surface area (Å²) in [5, 5.41) is 7.42. The van der Waals surface area contributed by atoms with Crippen LogP contribution in [0.3, 0.4) is 0 Å². The molecule has 0 radical (unpaired) electrons. The molecule has 170 valence electrons. The van der Waals surface area contributed by atoms with Crippen molar-refractivity contribution in [2.24, 2.45) is 0 Å². The van der Waals surface area contributed by atoms with Crippen molar-refractivity contribution in [1.29, 1.82) is 0 Å². The Hall–Kier alpha value is -3.33. The zero-order chi connectivity index (χ0) is 22.5. The zero-order valence-electron chi connectivity index (χ0n) is 18.5. The van der Waals surface area contributed by atoms with E-state index in [1.165, 1.54) is 11.3 Å². The van der Waals surface area contributed by atoms with E-state index in [9.17, 15) is 0 Å². The highest BCUT2D eigenvalue weighted by atomic mass is 32.1. The van der Waals surface area contributed by atoms with Crippen LogP contribution < -0.4 is 9.47 Å². The Bertz CT molecular complexity index is 1140. The van der Waals surface area contributed by atoms with Crippen LogP contribution in [0.5, 0.6) is 11.8 Å². The van der Waals surface area contributed by atoms with Crippen molar-refractivity contribution in [3.63, 3.8) is 0 Å². The van der Waals surface area contributed by atoms with E-state index in [4.69, 9.17) is 14.5 Å². The first-order chi connectivity index (χ1) is 16.3. The van der Waals surface area contributed by atoms with Gasteiger partial charge in [-0.15, -0.1) is 11.3 Å². The summed E-state index contributed by atoms with van der Waals surface area (Å²) >= 11 is 1.73. The summed E-state index contributed by atoms with van der Waals surface area (Å²) in [4.78, 5) is 17.5. The van der Waals surface area contributed by atoms with Crippen LogP contribution in [-0.2, 0) is 13.0 Å². The third kappa shape index (κ3) is 5.36. The fourth-order valence-corrected chi connectivity index (χ4v) is 4.91. The molecule has 8 nitrogen and oxygen atoms in total. The number of benzene rings is 1. The van der Waals surface area contributed by atoms with E-state index in [-0.39, 0.29) is 6.10 Å². The van der Waals surface area contributed by atoms with Crippen molar-refractivity contribution in [3.05, 3.63) is 71.0 Å². The molecule has 1 aliphatic carbocycles. The van der Waals surface area contributed by atoms with Gasteiger partial charge in [0.15, 0.2) is 0 Å². The van der Waals surface area contributed by atoms with Gasteiger partial charge in [-0.1, -0.05) is 6.92 Å². The fourth-order valence-electron chi connectivity index (χ4n) is 3.93. The Balaban J connectivity index is 1.10. The standard InChI is InChI=1S/C24H26N6O2S/c1-2-17-11-26-24(27-12-17)32-22-7-3-18(4-8-22)23-29-19(14-33-23)13-31-21-9-5-20(6-10-21)30-16-25-15-28-30/h5-6,9-12,14-16,18,22H,2-4,7-8,13H2,1H3. The number of hydrogen-bond donors (Lipinski definition) is 0. The van der Waals surface area contributed by atoms with E-state index >= 15 is 0 Å². The van der Waals surface area contributed by atoms with Crippen molar-refractivity contribution >= 4 is 11.3 Å². The number of ether oxygens (including phenoxy) is 2. The number of hydrogen-bond acceptors (Lipinski definition) is 8. The van der Waals surface area contributed by atoms with Gasteiger partial charge in [-0.3, -0.25) is 0 Å². The summed E-state index contributed by atoms with van der Waals surface area (Å²) in [5.74, 6) is 1.29. The first-order valence-corrected chi connectivity index (χ1v) is 12.1. The average molecular weight is 463 g/mol. The molecule has 0 atom stereocenters. The normalized spacial score (nSPS) is 18.2. The molecule has 1 aromatic carbocycles. The molecule has 0 saturated heterocycles. The third-order valence-corrected chi connectivity index (χ3v) is 6.92. The highest BCUT2D eigenvalue weighted by molar-refractivity contribution is 7.09. The maximum Gasteiger partial charge on any atom is 0.316 e. The largest absolute Gasteiger partial charge is 0.487 e. The summed E-state index contributed by atoms with van der Waals surface area (Å²) in [6.07, 6.45) is 12.1. The van der Waals surface area contributed by atoms with Gasteiger partial charge >= 0.3 is 6.01 Å². The molecule has 5 rings (SSSR count). The second kappa shape index (κ2) is 10.1. The molecule has 33 heavy (non-hydrogen) atoms. The van der Waals surface area contributed by atoms with Crippen molar-refractivity contribution in [1.82, 2.24) is 29.7 Å². The van der Waals surface area contributed by atoms with Gasteiger partial charge in [-0.05, 0) is 61.9 Å². The predicted octanol–water partition coefficient (Wildman–Crippen LogP) is 4.76. The van der Waals surface area contributed by atoms with Crippen LogP contribution in [0.25, 0.3) is 5.69 Å². The number of aromatic nitrogens is 6. The molecule has 9 heteroatoms. The van der Waals surface area contributed by atoms with Crippen LogP contribution >= 0.6 is 11.3 Å². The number of aryl methyl sites for hydroxylation is 1. The highest BCUT2D eigenvalue weighted by Crippen LogP contribution is 2.35. The lowest BCUT2D eigenvalue weighted by Gasteiger charge is -2.27. The molecule has 0 bridgehead atoms. The van der Waals surface area contributed by atoms with Gasteiger partial charge in [-0.25, -0.2) is 24.6 Å². The van der Waals surface area contributed by atoms with Gasteiger partial charge < -0.3 is 9.47 Å². The quantitative estimate of drug-likeness (QED) is 0.373. The highest BCUT2D eigenvalue weighted by Gasteiger charge is 2.26. The maximum atomic E-state index is 6.00. The SMILES string of the molecule is CCc1cnc(OC2CCC(c3nc(COc4ccc(-n5cncn5)cc4)cs3)CC2)nc1. The lowest BCUT2D eigenvalue weighted by molar-refractivity contribution is 0.134. The van der Waals surface area contributed by atoms with Crippen LogP contribution in [0.2, 0.25) is 0 Å². The smallest absolute Gasteiger partial charge is 0.316 e. The Kier molecular flexibility index (Phi) is 6.57.